The number of unbranched alkanes of at least 4 members (excludes halogenated alkanes) is 1. The van der Waals surface area contributed by atoms with Crippen LogP contribution in [0.2, 0.25) is 0 Å². The number of nitrogens with one attached hydrogen (secondary N) is 2. The van der Waals surface area contributed by atoms with E-state index in [9.17, 15) is 33.4 Å². The van der Waals surface area contributed by atoms with Crippen LogP contribution in [0.25, 0.3) is 11.1 Å². The van der Waals surface area contributed by atoms with Crippen molar-refractivity contribution in [2.24, 2.45) is 0 Å². The van der Waals surface area contributed by atoms with Crippen LogP contribution in [-0.4, -0.2) is 40.6 Å². The molecule has 2 aromatic carbocycles. The number of phenolic OH excluding ortho intramolecular Hbond substituents is 1. The lowest BCUT2D eigenvalue weighted by Crippen LogP contribution is -2.40. The molecule has 4 N–H and O–H groups in total. The lowest BCUT2D eigenvalue weighted by Gasteiger charge is -2.16. The van der Waals surface area contributed by atoms with Gasteiger partial charge in [0.1, 0.15) is 23.4 Å². The number of carboxylic acids is 1. The van der Waals surface area contributed by atoms with E-state index in [0.29, 0.717) is 38.3 Å². The molecule has 7 nitrogen and oxygen atoms in total. The molecule has 268 valence electrons. The van der Waals surface area contributed by atoms with Crippen LogP contribution >= 0.6 is 0 Å². The lowest BCUT2D eigenvalue weighted by molar-refractivity contribution is -0.139. The highest BCUT2D eigenvalue weighted by Gasteiger charge is 2.22. The fraction of sp³-hybridized carbons (Fsp3) is 0.341. The van der Waals surface area contributed by atoms with E-state index in [-0.39, 0.29) is 29.0 Å². The van der Waals surface area contributed by atoms with E-state index >= 15 is 0 Å². The van der Waals surface area contributed by atoms with Crippen molar-refractivity contribution >= 4 is 17.8 Å². The smallest absolute Gasteiger partial charge is 0.326 e. The molecule has 2 amide bonds. The molecule has 0 aromatic heterocycles. The number of carbonyl (C=O) groups is 3. The Hall–Kier alpha value is -5.05. The van der Waals surface area contributed by atoms with Crippen molar-refractivity contribution in [3.63, 3.8) is 0 Å². The predicted octanol–water partition coefficient (Wildman–Crippen LogP) is 9.28. The van der Waals surface area contributed by atoms with Crippen molar-refractivity contribution in [1.82, 2.24) is 10.6 Å². The van der Waals surface area contributed by atoms with Gasteiger partial charge >= 0.3 is 5.97 Å². The topological polar surface area (TPSA) is 116 Å². The molecule has 1 atom stereocenters. The van der Waals surface area contributed by atoms with Gasteiger partial charge in [-0.05, 0) is 94.0 Å². The number of hydrogen-bond acceptors (Lipinski definition) is 4. The fourth-order valence-electron chi connectivity index (χ4n) is 4.75. The number of allylic oxidation sites excluding steroid dienone is 12. The summed E-state index contributed by atoms with van der Waals surface area (Å²) >= 11 is 0. The summed E-state index contributed by atoms with van der Waals surface area (Å²) in [5.74, 6) is -4.20. The highest BCUT2D eigenvalue weighted by Crippen LogP contribution is 2.28. The molecule has 1 unspecified atom stereocenters. The SMILES string of the molecule is CCC=CCC=CCC=CCC=CCC=CCC=CCCC(=O)NCCCCC(NC(=O)c1cc(-c2ccc(F)cc2F)ccc1O)C(=O)O. The van der Waals surface area contributed by atoms with Crippen LogP contribution in [0.5, 0.6) is 5.75 Å². The number of amides is 2. The number of hydrogen-bond donors (Lipinski definition) is 4. The Kier molecular flexibility index (Phi) is 20.6. The molecule has 2 rings (SSSR count). The van der Waals surface area contributed by atoms with Crippen LogP contribution in [0.3, 0.4) is 0 Å². The van der Waals surface area contributed by atoms with E-state index < -0.39 is 35.3 Å². The van der Waals surface area contributed by atoms with Gasteiger partial charge in [0.2, 0.25) is 5.91 Å². The van der Waals surface area contributed by atoms with Crippen LogP contribution in [0.4, 0.5) is 8.78 Å². The van der Waals surface area contributed by atoms with Gasteiger partial charge in [-0.2, -0.15) is 0 Å². The molecule has 0 spiro atoms. The first-order chi connectivity index (χ1) is 24.2. The molecule has 50 heavy (non-hydrogen) atoms. The van der Waals surface area contributed by atoms with Crippen LogP contribution in [0.1, 0.15) is 87.9 Å². The summed E-state index contributed by atoms with van der Waals surface area (Å²) in [6.45, 7) is 2.50. The highest BCUT2D eigenvalue weighted by molar-refractivity contribution is 6.00. The summed E-state index contributed by atoms with van der Waals surface area (Å²) in [6, 6.07) is 5.52. The van der Waals surface area contributed by atoms with Crippen LogP contribution in [0, 0.1) is 11.6 Å². The zero-order valence-corrected chi connectivity index (χ0v) is 28.8. The molecule has 0 saturated carbocycles. The first-order valence-corrected chi connectivity index (χ1v) is 17.2. The molecular weight excluding hydrogens is 638 g/mol. The Morgan fingerprint density at radius 2 is 1.34 bits per heavy atom. The molecule has 0 fully saturated rings. The number of aromatic hydroxyl groups is 1. The Morgan fingerprint density at radius 3 is 1.90 bits per heavy atom. The molecule has 0 heterocycles. The highest BCUT2D eigenvalue weighted by atomic mass is 19.1. The molecule has 0 aliphatic heterocycles. The van der Waals surface area contributed by atoms with Crippen LogP contribution < -0.4 is 10.6 Å². The number of phenols is 1. The summed E-state index contributed by atoms with van der Waals surface area (Å²) in [5, 5.41) is 25.0. The number of benzene rings is 2. The number of rotatable bonds is 23. The molecular formula is C41H50F2N2O5. The monoisotopic (exact) mass is 688 g/mol. The zero-order valence-electron chi connectivity index (χ0n) is 28.8. The first-order valence-electron chi connectivity index (χ1n) is 17.2. The van der Waals surface area contributed by atoms with E-state index in [1.165, 1.54) is 24.3 Å². The fourth-order valence-corrected chi connectivity index (χ4v) is 4.75. The molecule has 0 bridgehead atoms. The van der Waals surface area contributed by atoms with Crippen LogP contribution in [-0.2, 0) is 9.59 Å². The van der Waals surface area contributed by atoms with Gasteiger partial charge in [-0.3, -0.25) is 9.59 Å². The second kappa shape index (κ2) is 25.0. The minimum atomic E-state index is -1.25. The molecule has 0 aliphatic rings. The largest absolute Gasteiger partial charge is 0.507 e. The van der Waals surface area contributed by atoms with Crippen molar-refractivity contribution in [3.8, 4) is 16.9 Å². The number of halogens is 2. The van der Waals surface area contributed by atoms with Crippen LogP contribution in [0.15, 0.2) is 109 Å². The van der Waals surface area contributed by atoms with Crippen molar-refractivity contribution < 1.29 is 33.4 Å². The summed E-state index contributed by atoms with van der Waals surface area (Å²) in [7, 11) is 0. The number of carboxylic acid groups (broad SMARTS) is 1. The van der Waals surface area contributed by atoms with E-state index in [4.69, 9.17) is 0 Å². The maximum Gasteiger partial charge on any atom is 0.326 e. The molecule has 0 saturated heterocycles. The lowest BCUT2D eigenvalue weighted by atomic mass is 10.0. The Bertz CT molecular complexity index is 1540. The number of carbonyl (C=O) groups excluding carboxylic acids is 2. The maximum absolute atomic E-state index is 14.2. The molecule has 2 aromatic rings. The third-order valence-corrected chi connectivity index (χ3v) is 7.46. The van der Waals surface area contributed by atoms with E-state index in [0.717, 1.165) is 44.6 Å². The third-order valence-electron chi connectivity index (χ3n) is 7.46. The second-order valence-corrected chi connectivity index (χ2v) is 11.5. The van der Waals surface area contributed by atoms with E-state index in [1.54, 1.807) is 0 Å². The Labute approximate surface area is 294 Å². The first kappa shape index (κ1) is 41.1. The van der Waals surface area contributed by atoms with Crippen molar-refractivity contribution in [1.29, 1.82) is 0 Å². The van der Waals surface area contributed by atoms with E-state index in [1.807, 2.05) is 12.2 Å². The van der Waals surface area contributed by atoms with Gasteiger partial charge in [-0.15, -0.1) is 0 Å². The third kappa shape index (κ3) is 17.4. The zero-order chi connectivity index (χ0) is 36.4. The van der Waals surface area contributed by atoms with Gasteiger partial charge in [0.25, 0.3) is 5.91 Å². The van der Waals surface area contributed by atoms with Gasteiger partial charge in [-0.1, -0.05) is 85.9 Å². The summed E-state index contributed by atoms with van der Waals surface area (Å²) in [5.41, 5.74) is 0.000157. The predicted molar refractivity (Wildman–Crippen MR) is 197 cm³/mol. The van der Waals surface area contributed by atoms with Gasteiger partial charge in [0.15, 0.2) is 0 Å². The molecule has 9 heteroatoms. The number of aliphatic carboxylic acids is 1. The van der Waals surface area contributed by atoms with E-state index in [2.05, 4.69) is 78.3 Å². The quantitative estimate of drug-likeness (QED) is 0.0686. The summed E-state index contributed by atoms with van der Waals surface area (Å²) in [6.07, 6.45) is 33.2. The van der Waals surface area contributed by atoms with Crippen molar-refractivity contribution in [2.75, 3.05) is 6.54 Å². The normalized spacial score (nSPS) is 12.7. The minimum Gasteiger partial charge on any atom is -0.507 e. The van der Waals surface area contributed by atoms with Gasteiger partial charge < -0.3 is 20.8 Å². The minimum absolute atomic E-state index is 0.0228. The Morgan fingerprint density at radius 1 is 0.760 bits per heavy atom. The second-order valence-electron chi connectivity index (χ2n) is 11.5. The standard InChI is InChI=1S/C41H50F2N2O5/c1-2-3-4-5-6-7-8-9-10-11-12-13-14-15-16-17-18-19-20-24-39(47)44-29-22-21-23-37(41(49)50)45-40(48)35-30-32(25-28-38(35)46)34-27-26-33(42)31-36(34)43/h3-4,6-7,9-10,12-13,15-16,18-19,25-28,30-31,37,46H,2,5,8,11,14,17,20-24,29H2,1H3,(H,44,47)(H,45,48)(H,49,50). The van der Waals surface area contributed by atoms with Gasteiger partial charge in [0.05, 0.1) is 5.56 Å². The molecule has 0 radical (unpaired) electrons. The summed E-state index contributed by atoms with van der Waals surface area (Å²) < 4.78 is 27.5. The Balaban J connectivity index is 1.60. The average molecular weight is 689 g/mol. The maximum atomic E-state index is 14.2. The van der Waals surface area contributed by atoms with Gasteiger partial charge in [0, 0.05) is 24.6 Å². The van der Waals surface area contributed by atoms with Gasteiger partial charge in [-0.25, -0.2) is 13.6 Å². The van der Waals surface area contributed by atoms with Crippen molar-refractivity contribution in [2.45, 2.75) is 83.6 Å². The van der Waals surface area contributed by atoms with Crippen molar-refractivity contribution in [3.05, 3.63) is 127 Å². The summed E-state index contributed by atoms with van der Waals surface area (Å²) in [4.78, 5) is 36.8. The molecule has 0 aliphatic carbocycles. The average Bonchev–Trinajstić information content (AvgIpc) is 3.08.